The van der Waals surface area contributed by atoms with Crippen molar-refractivity contribution >= 4 is 10.8 Å². The van der Waals surface area contributed by atoms with E-state index in [0.29, 0.717) is 0 Å². The summed E-state index contributed by atoms with van der Waals surface area (Å²) in [4.78, 5) is 4.96. The van der Waals surface area contributed by atoms with Gasteiger partial charge in [-0.1, -0.05) is 26.8 Å². The van der Waals surface area contributed by atoms with Crippen molar-refractivity contribution in [2.24, 2.45) is 0 Å². The molecule has 1 nitrogen and oxygen atoms in total. The Hall–Kier alpha value is -1.50. The zero-order valence-electron chi connectivity index (χ0n) is 16.4. The topological polar surface area (TPSA) is 12.9 Å². The fourth-order valence-electron chi connectivity index (χ4n) is 3.53. The number of benzene rings is 2. The fraction of sp³-hybridized carbons (Fsp3) is 0.348. The molecule has 133 valence electrons. The van der Waals surface area contributed by atoms with Crippen LogP contribution in [0, 0.1) is 61.5 Å². The third kappa shape index (κ3) is 3.18. The summed E-state index contributed by atoms with van der Waals surface area (Å²) < 4.78 is 0. The maximum Gasteiger partial charge on any atom is 0.0301 e. The molecule has 0 fully saturated rings. The van der Waals surface area contributed by atoms with E-state index in [1.165, 1.54) is 49.7 Å². The van der Waals surface area contributed by atoms with Gasteiger partial charge in [0.05, 0.1) is 0 Å². The number of hydrogen-bond donors (Lipinski definition) is 0. The Bertz CT molecular complexity index is 961. The number of fused-ring (bicyclic) bond motifs is 1. The second kappa shape index (κ2) is 7.02. The molecule has 2 heteroatoms. The van der Waals surface area contributed by atoms with Crippen LogP contribution in [0.15, 0.2) is 12.1 Å². The predicted octanol–water partition coefficient (Wildman–Crippen LogP) is 6.17. The molecule has 0 unspecified atom stereocenters. The number of hydrogen-bond acceptors (Lipinski definition) is 1. The van der Waals surface area contributed by atoms with E-state index in [2.05, 4.69) is 73.6 Å². The Labute approximate surface area is 165 Å². The molecule has 2 aromatic carbocycles. The van der Waals surface area contributed by atoms with Crippen LogP contribution < -0.4 is 0 Å². The van der Waals surface area contributed by atoms with E-state index < -0.39 is 0 Å². The smallest absolute Gasteiger partial charge is 0.0301 e. The third-order valence-electron chi connectivity index (χ3n) is 5.70. The summed E-state index contributed by atoms with van der Waals surface area (Å²) in [6.07, 6.45) is 0. The summed E-state index contributed by atoms with van der Waals surface area (Å²) in [5.41, 5.74) is 12.5. The molecule has 0 saturated carbocycles. The Morgan fingerprint density at radius 1 is 0.720 bits per heavy atom. The normalized spacial score (nSPS) is 10.9. The molecule has 0 N–H and O–H groups in total. The number of nitrogens with zero attached hydrogens (tertiary/aromatic N) is 1. The van der Waals surface area contributed by atoms with Crippen molar-refractivity contribution in [2.45, 2.75) is 55.4 Å². The first-order chi connectivity index (χ1) is 11.2. The number of aryl methyl sites for hydroxylation is 6. The van der Waals surface area contributed by atoms with Crippen molar-refractivity contribution in [3.05, 3.63) is 62.8 Å². The third-order valence-corrected chi connectivity index (χ3v) is 5.70. The summed E-state index contributed by atoms with van der Waals surface area (Å²) in [5, 5.41) is 2.60. The van der Waals surface area contributed by atoms with Crippen LogP contribution >= 0.6 is 0 Å². The number of rotatable bonds is 1. The van der Waals surface area contributed by atoms with Gasteiger partial charge in [-0.2, -0.15) is 0 Å². The van der Waals surface area contributed by atoms with E-state index in [4.69, 9.17) is 4.98 Å². The maximum atomic E-state index is 4.96. The van der Waals surface area contributed by atoms with Gasteiger partial charge < -0.3 is 4.98 Å². The monoisotopic (exact) mass is 509 g/mol. The van der Waals surface area contributed by atoms with Crippen molar-refractivity contribution < 1.29 is 20.1 Å². The molecule has 0 spiro atoms. The van der Waals surface area contributed by atoms with Crippen LogP contribution in [0.3, 0.4) is 0 Å². The Morgan fingerprint density at radius 2 is 1.32 bits per heavy atom. The van der Waals surface area contributed by atoms with E-state index >= 15 is 0 Å². The first-order valence-electron chi connectivity index (χ1n) is 8.60. The van der Waals surface area contributed by atoms with Gasteiger partial charge in [-0.25, -0.2) is 0 Å². The molecular formula is C23H26IrN-. The summed E-state index contributed by atoms with van der Waals surface area (Å²) in [7, 11) is 0. The minimum atomic E-state index is 0. The minimum Gasteiger partial charge on any atom is -0.301 e. The van der Waals surface area contributed by atoms with Crippen molar-refractivity contribution in [2.75, 3.05) is 0 Å². The molecule has 3 rings (SSSR count). The molecule has 0 saturated heterocycles. The second-order valence-electron chi connectivity index (χ2n) is 7.15. The van der Waals surface area contributed by atoms with Gasteiger partial charge in [0.25, 0.3) is 0 Å². The van der Waals surface area contributed by atoms with Gasteiger partial charge in [0, 0.05) is 25.8 Å². The maximum absolute atomic E-state index is 4.96. The van der Waals surface area contributed by atoms with Crippen LogP contribution in [-0.4, -0.2) is 4.98 Å². The number of aromatic nitrogens is 1. The van der Waals surface area contributed by atoms with Crippen molar-refractivity contribution in [1.29, 1.82) is 0 Å². The van der Waals surface area contributed by atoms with Gasteiger partial charge >= 0.3 is 0 Å². The van der Waals surface area contributed by atoms with Crippen molar-refractivity contribution in [3.63, 3.8) is 0 Å². The zero-order chi connectivity index (χ0) is 17.8. The van der Waals surface area contributed by atoms with Crippen LogP contribution in [-0.2, 0) is 20.1 Å². The van der Waals surface area contributed by atoms with Crippen LogP contribution in [0.25, 0.3) is 22.0 Å². The molecule has 3 aromatic rings. The molecule has 25 heavy (non-hydrogen) atoms. The first kappa shape index (κ1) is 19.8. The molecule has 1 radical (unpaired) electrons. The van der Waals surface area contributed by atoms with E-state index in [-0.39, 0.29) is 20.1 Å². The average Bonchev–Trinajstić information content (AvgIpc) is 2.53. The van der Waals surface area contributed by atoms with E-state index in [1.807, 2.05) is 0 Å². The molecule has 0 bridgehead atoms. The van der Waals surface area contributed by atoms with Gasteiger partial charge in [0.1, 0.15) is 0 Å². The van der Waals surface area contributed by atoms with Gasteiger partial charge in [-0.3, -0.25) is 0 Å². The molecule has 0 amide bonds. The van der Waals surface area contributed by atoms with E-state index in [9.17, 15) is 0 Å². The van der Waals surface area contributed by atoms with Crippen LogP contribution in [0.1, 0.15) is 44.6 Å². The molecule has 0 atom stereocenters. The summed E-state index contributed by atoms with van der Waals surface area (Å²) in [6.45, 7) is 17.4. The Morgan fingerprint density at radius 3 is 1.92 bits per heavy atom. The molecule has 0 aliphatic heterocycles. The molecular weight excluding hydrogens is 482 g/mol. The molecule has 0 aliphatic rings. The second-order valence-corrected chi connectivity index (χ2v) is 7.15. The molecule has 1 aromatic heterocycles. The number of pyridine rings is 1. The van der Waals surface area contributed by atoms with E-state index in [1.54, 1.807) is 0 Å². The summed E-state index contributed by atoms with van der Waals surface area (Å²) >= 11 is 0. The van der Waals surface area contributed by atoms with Gasteiger partial charge in [-0.15, -0.1) is 34.4 Å². The average molecular weight is 509 g/mol. The zero-order valence-corrected chi connectivity index (χ0v) is 18.8. The van der Waals surface area contributed by atoms with Crippen LogP contribution in [0.5, 0.6) is 0 Å². The van der Waals surface area contributed by atoms with Crippen LogP contribution in [0.2, 0.25) is 0 Å². The largest absolute Gasteiger partial charge is 0.301 e. The standard InChI is InChI=1S/C23H26N.Ir/c1-12-9-20(10-13(2)15(12)4)23-21-11-14(3)16(5)17(6)22(21)18(7)19(8)24-23;/h9,11H,1-8H3;/q-1;. The van der Waals surface area contributed by atoms with E-state index in [0.717, 1.165) is 17.0 Å². The summed E-state index contributed by atoms with van der Waals surface area (Å²) in [5.74, 6) is 0. The van der Waals surface area contributed by atoms with Crippen molar-refractivity contribution in [1.82, 2.24) is 4.98 Å². The molecule has 1 heterocycles. The first-order valence-corrected chi connectivity index (χ1v) is 8.60. The van der Waals surface area contributed by atoms with Crippen LogP contribution in [0.4, 0.5) is 0 Å². The SMILES string of the molecule is Cc1[c-]c(-c2nc(C)c(C)c3c(C)c(C)c(C)cc23)cc(C)c1C.[Ir]. The quantitative estimate of drug-likeness (QED) is 0.359. The van der Waals surface area contributed by atoms with Gasteiger partial charge in [-0.05, 0) is 73.3 Å². The fourth-order valence-corrected chi connectivity index (χ4v) is 3.53. The Kier molecular flexibility index (Phi) is 5.56. The van der Waals surface area contributed by atoms with Gasteiger partial charge in [0.15, 0.2) is 0 Å². The predicted molar refractivity (Wildman–Crippen MR) is 104 cm³/mol. The van der Waals surface area contributed by atoms with Crippen molar-refractivity contribution in [3.8, 4) is 11.3 Å². The minimum absolute atomic E-state index is 0. The molecule has 0 aliphatic carbocycles. The van der Waals surface area contributed by atoms with Gasteiger partial charge in [0.2, 0.25) is 0 Å². The Balaban J connectivity index is 0.00000225. The summed E-state index contributed by atoms with van der Waals surface area (Å²) in [6, 6.07) is 8.08.